The van der Waals surface area contributed by atoms with Crippen molar-refractivity contribution in [2.45, 2.75) is 26.6 Å². The van der Waals surface area contributed by atoms with E-state index in [1.165, 1.54) is 0 Å². The molecule has 0 unspecified atom stereocenters. The van der Waals surface area contributed by atoms with E-state index < -0.39 is 8.32 Å². The fourth-order valence-electron chi connectivity index (χ4n) is 0.896. The molecule has 0 radical (unpaired) electrons. The maximum absolute atomic E-state index is 5.82. The van der Waals surface area contributed by atoms with Gasteiger partial charge in [-0.15, -0.1) is 0 Å². The minimum atomic E-state index is -1.63. The Morgan fingerprint density at radius 2 is 2.07 bits per heavy atom. The summed E-state index contributed by atoms with van der Waals surface area (Å²) in [6, 6.07) is 0.381. The smallest absolute Gasteiger partial charge is 0.319 e. The molecule has 0 atom stereocenters. The Morgan fingerprint density at radius 3 is 2.60 bits per heavy atom. The van der Waals surface area contributed by atoms with Crippen LogP contribution in [0, 0.1) is 3.57 Å². The van der Waals surface area contributed by atoms with E-state index in [9.17, 15) is 0 Å². The molecule has 0 amide bonds. The third-order valence-corrected chi connectivity index (χ3v) is 2.91. The van der Waals surface area contributed by atoms with E-state index in [0.717, 1.165) is 3.57 Å². The lowest BCUT2D eigenvalue weighted by atomic mass is 10.6. The average Bonchev–Trinajstić information content (AvgIpc) is 2.09. The molecule has 0 fully saturated rings. The number of ether oxygens (including phenoxy) is 1. The van der Waals surface area contributed by atoms with Crippen LogP contribution in [0.3, 0.4) is 0 Å². The Balaban J connectivity index is 2.90. The summed E-state index contributed by atoms with van der Waals surface area (Å²) in [4.78, 5) is 8.27. The lowest BCUT2D eigenvalue weighted by Crippen LogP contribution is -2.30. The molecular formula is C9H15IN2O2Si. The van der Waals surface area contributed by atoms with E-state index in [-0.39, 0.29) is 0 Å². The average molecular weight is 338 g/mol. The number of aromatic nitrogens is 2. The van der Waals surface area contributed by atoms with E-state index >= 15 is 0 Å². The van der Waals surface area contributed by atoms with Gasteiger partial charge >= 0.3 is 6.01 Å². The van der Waals surface area contributed by atoms with Crippen molar-refractivity contribution in [3.8, 4) is 11.9 Å². The first-order valence-corrected chi connectivity index (χ1v) is 9.25. The summed E-state index contributed by atoms with van der Waals surface area (Å²) in [5, 5.41) is 0. The topological polar surface area (TPSA) is 44.2 Å². The third kappa shape index (κ3) is 4.33. The van der Waals surface area contributed by atoms with Crippen molar-refractivity contribution in [1.82, 2.24) is 9.97 Å². The van der Waals surface area contributed by atoms with Crippen LogP contribution in [-0.2, 0) is 0 Å². The highest BCUT2D eigenvalue weighted by Crippen LogP contribution is 2.22. The molecule has 1 heterocycles. The zero-order valence-corrected chi connectivity index (χ0v) is 12.5. The van der Waals surface area contributed by atoms with Crippen LogP contribution in [0.2, 0.25) is 19.6 Å². The first-order chi connectivity index (χ1) is 6.92. The normalized spacial score (nSPS) is 11.3. The summed E-state index contributed by atoms with van der Waals surface area (Å²) in [5.74, 6) is 0.633. The van der Waals surface area contributed by atoms with Gasteiger partial charge in [-0.05, 0) is 49.2 Å². The van der Waals surface area contributed by atoms with Crippen molar-refractivity contribution >= 4 is 30.9 Å². The molecule has 15 heavy (non-hydrogen) atoms. The van der Waals surface area contributed by atoms with Gasteiger partial charge in [0.15, 0.2) is 0 Å². The van der Waals surface area contributed by atoms with Crippen LogP contribution in [-0.4, -0.2) is 24.9 Å². The minimum absolute atomic E-state index is 0.381. The molecule has 6 heteroatoms. The minimum Gasteiger partial charge on any atom is -0.531 e. The van der Waals surface area contributed by atoms with E-state index in [1.807, 2.05) is 6.92 Å². The second-order valence-electron chi connectivity index (χ2n) is 3.95. The van der Waals surface area contributed by atoms with Crippen molar-refractivity contribution in [2.24, 2.45) is 0 Å². The molecule has 0 spiro atoms. The zero-order chi connectivity index (χ0) is 11.5. The first kappa shape index (κ1) is 12.7. The van der Waals surface area contributed by atoms with E-state index in [4.69, 9.17) is 9.16 Å². The molecular weight excluding hydrogens is 323 g/mol. The van der Waals surface area contributed by atoms with Gasteiger partial charge in [-0.3, -0.25) is 0 Å². The second-order valence-corrected chi connectivity index (χ2v) is 9.54. The molecule has 0 aliphatic rings. The highest BCUT2D eigenvalue weighted by Gasteiger charge is 2.19. The van der Waals surface area contributed by atoms with Crippen molar-refractivity contribution in [3.05, 3.63) is 9.77 Å². The predicted molar refractivity (Wildman–Crippen MR) is 69.9 cm³/mol. The second kappa shape index (κ2) is 5.11. The van der Waals surface area contributed by atoms with Crippen molar-refractivity contribution in [1.29, 1.82) is 0 Å². The first-order valence-electron chi connectivity index (χ1n) is 4.76. The van der Waals surface area contributed by atoms with Crippen molar-refractivity contribution in [3.63, 3.8) is 0 Å². The molecule has 0 saturated carbocycles. The monoisotopic (exact) mass is 338 g/mol. The van der Waals surface area contributed by atoms with Gasteiger partial charge in [0.1, 0.15) is 0 Å². The Kier molecular flexibility index (Phi) is 4.32. The summed E-state index contributed by atoms with van der Waals surface area (Å²) >= 11 is 2.16. The number of rotatable bonds is 4. The van der Waals surface area contributed by atoms with Gasteiger partial charge in [0.25, 0.3) is 0 Å². The Hall–Kier alpha value is -0.373. The number of hydrogen-bond acceptors (Lipinski definition) is 4. The van der Waals surface area contributed by atoms with Crippen molar-refractivity contribution < 1.29 is 9.16 Å². The van der Waals surface area contributed by atoms with Gasteiger partial charge in [0, 0.05) is 0 Å². The van der Waals surface area contributed by atoms with Crippen LogP contribution in [0.15, 0.2) is 6.20 Å². The molecule has 0 aliphatic heterocycles. The molecule has 1 aromatic rings. The van der Waals surface area contributed by atoms with Crippen LogP contribution < -0.4 is 9.16 Å². The van der Waals surface area contributed by atoms with Gasteiger partial charge < -0.3 is 9.16 Å². The molecule has 1 rings (SSSR count). The lowest BCUT2D eigenvalue weighted by molar-refractivity contribution is 0.308. The predicted octanol–water partition coefficient (Wildman–Crippen LogP) is 2.69. The van der Waals surface area contributed by atoms with Crippen LogP contribution in [0.4, 0.5) is 0 Å². The van der Waals surface area contributed by atoms with E-state index in [2.05, 4.69) is 52.2 Å². The standard InChI is InChI=1S/C9H15IN2O2Si/c1-5-13-9-11-6-7(10)8(12-9)14-15(2,3)4/h6H,5H2,1-4H3. The number of hydrogen-bond donors (Lipinski definition) is 0. The molecule has 0 bridgehead atoms. The van der Waals surface area contributed by atoms with Crippen LogP contribution in [0.25, 0.3) is 0 Å². The maximum Gasteiger partial charge on any atom is 0.319 e. The van der Waals surface area contributed by atoms with E-state index in [1.54, 1.807) is 6.20 Å². The molecule has 0 N–H and O–H groups in total. The zero-order valence-electron chi connectivity index (χ0n) is 9.37. The fraction of sp³-hybridized carbons (Fsp3) is 0.556. The fourth-order valence-corrected chi connectivity index (χ4v) is 2.21. The summed E-state index contributed by atoms with van der Waals surface area (Å²) in [5.41, 5.74) is 0. The quantitative estimate of drug-likeness (QED) is 0.625. The van der Waals surface area contributed by atoms with Crippen LogP contribution in [0.1, 0.15) is 6.92 Å². The third-order valence-electron chi connectivity index (χ3n) is 1.37. The number of halogens is 1. The highest BCUT2D eigenvalue weighted by atomic mass is 127. The molecule has 1 aromatic heterocycles. The van der Waals surface area contributed by atoms with Crippen molar-refractivity contribution in [2.75, 3.05) is 6.61 Å². The van der Waals surface area contributed by atoms with E-state index in [0.29, 0.717) is 18.5 Å². The largest absolute Gasteiger partial charge is 0.531 e. The molecule has 0 saturated heterocycles. The van der Waals surface area contributed by atoms with Crippen LogP contribution in [0.5, 0.6) is 11.9 Å². The number of nitrogens with zero attached hydrogens (tertiary/aromatic N) is 2. The molecule has 84 valence electrons. The van der Waals surface area contributed by atoms with Gasteiger partial charge in [-0.1, -0.05) is 0 Å². The lowest BCUT2D eigenvalue weighted by Gasteiger charge is -2.19. The summed E-state index contributed by atoms with van der Waals surface area (Å²) in [7, 11) is -1.63. The maximum atomic E-state index is 5.82. The Labute approximate surface area is 105 Å². The Bertz CT molecular complexity index is 341. The molecule has 0 aromatic carbocycles. The van der Waals surface area contributed by atoms with Gasteiger partial charge in [0.2, 0.25) is 14.2 Å². The molecule has 4 nitrogen and oxygen atoms in total. The molecule has 0 aliphatic carbocycles. The van der Waals surface area contributed by atoms with Gasteiger partial charge in [0.05, 0.1) is 16.4 Å². The Morgan fingerprint density at radius 1 is 1.40 bits per heavy atom. The van der Waals surface area contributed by atoms with Gasteiger partial charge in [-0.2, -0.15) is 4.98 Å². The van der Waals surface area contributed by atoms with Gasteiger partial charge in [-0.25, -0.2) is 4.98 Å². The van der Waals surface area contributed by atoms with Crippen LogP contribution >= 0.6 is 22.6 Å². The highest BCUT2D eigenvalue weighted by molar-refractivity contribution is 14.1. The summed E-state index contributed by atoms with van der Waals surface area (Å²) in [6.45, 7) is 8.82. The summed E-state index contributed by atoms with van der Waals surface area (Å²) < 4.78 is 12.0. The SMILES string of the molecule is CCOc1ncc(I)c(O[Si](C)(C)C)n1. The summed E-state index contributed by atoms with van der Waals surface area (Å²) in [6.07, 6.45) is 1.72.